The Bertz CT molecular complexity index is 13.0. The maximum atomic E-state index is 0. The minimum absolute atomic E-state index is 0. The van der Waals surface area contributed by atoms with Crippen molar-refractivity contribution < 1.29 is 124 Å². The molecule has 0 spiro atoms. The van der Waals surface area contributed by atoms with Crippen LogP contribution < -0.4 is 50.9 Å². The Hall–Kier alpha value is 2.54. The molecule has 0 aliphatic heterocycles. The van der Waals surface area contributed by atoms with Gasteiger partial charge >= 0.3 is 40.4 Å². The maximum absolute atomic E-state index is 0. The molecule has 10 heavy (non-hydrogen) atoms. The van der Waals surface area contributed by atoms with Crippen molar-refractivity contribution in [2.45, 2.75) is 0 Å². The predicted molar refractivity (Wildman–Crippen MR) is 21.7 cm³/mol. The van der Waals surface area contributed by atoms with Gasteiger partial charge in [-0.3, -0.25) is 0 Å². The minimum atomic E-state index is 0. The van der Waals surface area contributed by atoms with Crippen LogP contribution in [0.25, 0.3) is 0 Å². The first-order valence-electron chi connectivity index (χ1n) is 0. The van der Waals surface area contributed by atoms with Crippen molar-refractivity contribution in [3.05, 3.63) is 0 Å². The fourth-order valence-electron chi connectivity index (χ4n) is 0. The number of hydrogen-bond acceptors (Lipinski definition) is 0. The quantitative estimate of drug-likeness (QED) is 0.307. The van der Waals surface area contributed by atoms with E-state index in [9.17, 15) is 0 Å². The molecule has 12 N–H and O–H groups in total. The Labute approximate surface area is 122 Å². The third-order valence-corrected chi connectivity index (χ3v) is 0. The first-order chi connectivity index (χ1) is 0. The maximum Gasteiger partial charge on any atom is 3.00 e. The molecule has 0 aliphatic rings. The second-order valence-electron chi connectivity index (χ2n) is 0. The number of halogens is 3. The molecule has 0 aliphatic carbocycles. The summed E-state index contributed by atoms with van der Waals surface area (Å²) < 4.78 is 0. The van der Waals surface area contributed by atoms with Crippen molar-refractivity contribution in [2.75, 3.05) is 0 Å². The van der Waals surface area contributed by atoms with Crippen molar-refractivity contribution >= 4 is 0 Å². The molecule has 1 radical (unpaired) electrons. The third-order valence-electron chi connectivity index (χ3n) is 0. The molecular weight excluding hydrogens is 486 g/mol. The van der Waals surface area contributed by atoms with Crippen LogP contribution >= 0.6 is 0 Å². The van der Waals surface area contributed by atoms with Crippen molar-refractivity contribution in [1.29, 1.82) is 0 Å². The summed E-state index contributed by atoms with van der Waals surface area (Å²) in [7, 11) is 0. The molecule has 0 amide bonds. The summed E-state index contributed by atoms with van der Waals surface area (Å²) in [5, 5.41) is 0. The summed E-state index contributed by atoms with van der Waals surface area (Å²) in [5.41, 5.74) is 0. The zero-order valence-corrected chi connectivity index (χ0v) is 11.9. The first kappa shape index (κ1) is 259. The van der Waals surface area contributed by atoms with Gasteiger partial charge in [-0.25, -0.2) is 0 Å². The molecule has 0 aromatic heterocycles. The van der Waals surface area contributed by atoms with Crippen LogP contribution in [-0.4, -0.2) is 32.9 Å². The van der Waals surface area contributed by atoms with E-state index in [0.717, 1.165) is 0 Å². The van der Waals surface area contributed by atoms with Crippen LogP contribution in [0.1, 0.15) is 0 Å². The molecule has 10 heteroatoms. The van der Waals surface area contributed by atoms with Crippen LogP contribution in [-0.2, 0) is 0 Å². The van der Waals surface area contributed by atoms with Gasteiger partial charge in [-0.2, -0.15) is 0 Å². The second kappa shape index (κ2) is 199. The summed E-state index contributed by atoms with van der Waals surface area (Å²) in [6.07, 6.45) is 0. The van der Waals surface area contributed by atoms with Crippen molar-refractivity contribution in [3.63, 3.8) is 0 Å². The van der Waals surface area contributed by atoms with Crippen LogP contribution in [0.4, 0.5) is 0 Å². The molecule has 0 rings (SSSR count). The third kappa shape index (κ3) is 149. The molecule has 0 heterocycles. The van der Waals surface area contributed by atoms with E-state index in [1.165, 1.54) is 0 Å². The first-order valence-corrected chi connectivity index (χ1v) is 0. The van der Waals surface area contributed by atoms with E-state index >= 15 is 0 Å². The zero-order chi connectivity index (χ0) is 0. The molecule has 6 nitrogen and oxygen atoms in total. The van der Waals surface area contributed by atoms with E-state index in [1.807, 2.05) is 0 Å². The fraction of sp³-hybridized carbons (Fsp3) is 0. The van der Waals surface area contributed by atoms with Gasteiger partial charge in [-0.15, -0.1) is 0 Å². The van der Waals surface area contributed by atoms with Crippen molar-refractivity contribution in [1.82, 2.24) is 0 Å². The summed E-state index contributed by atoms with van der Waals surface area (Å²) in [6, 6.07) is 0. The molecule has 0 saturated heterocycles. The predicted octanol–water partition coefficient (Wildman–Crippen LogP) is -13.9. The topological polar surface area (TPSA) is 189 Å². The van der Waals surface area contributed by atoms with Crippen molar-refractivity contribution in [2.24, 2.45) is 0 Å². The SMILES string of the molecule is O.O.O.O.O.O.[Br-].[Br-].[Br-].[Sm+3]. The van der Waals surface area contributed by atoms with Gasteiger partial charge in [0.2, 0.25) is 0 Å². The van der Waals surface area contributed by atoms with Crippen molar-refractivity contribution in [3.8, 4) is 0 Å². The van der Waals surface area contributed by atoms with Gasteiger partial charge in [0.1, 0.15) is 0 Å². The van der Waals surface area contributed by atoms with Gasteiger partial charge in [0.25, 0.3) is 0 Å². The molecule has 0 bridgehead atoms. The van der Waals surface area contributed by atoms with E-state index in [4.69, 9.17) is 0 Å². The summed E-state index contributed by atoms with van der Waals surface area (Å²) in [4.78, 5) is 0. The Morgan fingerprint density at radius 1 is 0.300 bits per heavy atom. The fourth-order valence-corrected chi connectivity index (χ4v) is 0. The number of hydrogen-bond donors (Lipinski definition) is 0. The van der Waals surface area contributed by atoms with Gasteiger partial charge < -0.3 is 83.8 Å². The Morgan fingerprint density at radius 3 is 0.300 bits per heavy atom. The van der Waals surface area contributed by atoms with Crippen LogP contribution in [0, 0.1) is 40.4 Å². The van der Waals surface area contributed by atoms with Crippen LogP contribution in [0.2, 0.25) is 0 Å². The molecular formula is H12Br3O6Sm. The van der Waals surface area contributed by atoms with E-state index < -0.39 is 0 Å². The number of rotatable bonds is 0. The monoisotopic (exact) mass is 497 g/mol. The Morgan fingerprint density at radius 2 is 0.300 bits per heavy atom. The van der Waals surface area contributed by atoms with E-state index in [2.05, 4.69) is 0 Å². The smallest absolute Gasteiger partial charge is 1.00 e. The largest absolute Gasteiger partial charge is 3.00 e. The van der Waals surface area contributed by atoms with Gasteiger partial charge in [0.15, 0.2) is 0 Å². The van der Waals surface area contributed by atoms with Gasteiger partial charge in [0, 0.05) is 0 Å². The Balaban J connectivity index is 0. The second-order valence-corrected chi connectivity index (χ2v) is 0. The summed E-state index contributed by atoms with van der Waals surface area (Å²) >= 11 is 0. The molecule has 0 aromatic rings. The van der Waals surface area contributed by atoms with Crippen LogP contribution in [0.5, 0.6) is 0 Å². The average Bonchev–Trinajstić information content (AvgIpc) is 0. The Kier molecular flexibility index (Phi) is 5160. The molecule has 0 atom stereocenters. The standard InChI is InChI=1S/3BrH.6H2O.Sm/h3*1H;6*1H2;/q;;;;;;;;;+3/p-3. The zero-order valence-electron chi connectivity index (χ0n) is 4.54. The van der Waals surface area contributed by atoms with Gasteiger partial charge in [-0.1, -0.05) is 0 Å². The van der Waals surface area contributed by atoms with Crippen LogP contribution in [0.3, 0.4) is 0 Å². The normalized spacial score (nSPS) is 0. The van der Waals surface area contributed by atoms with E-state index in [1.54, 1.807) is 0 Å². The van der Waals surface area contributed by atoms with Crippen LogP contribution in [0.15, 0.2) is 0 Å². The molecule has 0 unspecified atom stereocenters. The van der Waals surface area contributed by atoms with Gasteiger partial charge in [0.05, 0.1) is 0 Å². The average molecular weight is 498 g/mol. The van der Waals surface area contributed by atoms with E-state index in [-0.39, 0.29) is 124 Å². The molecule has 0 fully saturated rings. The molecule has 0 aromatic carbocycles. The van der Waals surface area contributed by atoms with Gasteiger partial charge in [-0.05, 0) is 0 Å². The summed E-state index contributed by atoms with van der Waals surface area (Å²) in [5.74, 6) is 0. The molecule has 75 valence electrons. The molecule has 0 saturated carbocycles. The minimum Gasteiger partial charge on any atom is -1.00 e. The van der Waals surface area contributed by atoms with E-state index in [0.29, 0.717) is 0 Å². The summed E-state index contributed by atoms with van der Waals surface area (Å²) in [6.45, 7) is 0.